The number of amides is 1. The summed E-state index contributed by atoms with van der Waals surface area (Å²) in [7, 11) is 0. The molecule has 120 valence electrons. The van der Waals surface area contributed by atoms with E-state index < -0.39 is 6.10 Å². The van der Waals surface area contributed by atoms with Gasteiger partial charge in [-0.1, -0.05) is 48.5 Å². The predicted molar refractivity (Wildman–Crippen MR) is 88.3 cm³/mol. The maximum Gasteiger partial charge on any atom is 0.231 e. The molecule has 0 aliphatic carbocycles. The second kappa shape index (κ2) is 6.84. The molecule has 4 heteroatoms. The quantitative estimate of drug-likeness (QED) is 0.892. The van der Waals surface area contributed by atoms with Crippen LogP contribution in [-0.4, -0.2) is 23.7 Å². The van der Waals surface area contributed by atoms with Gasteiger partial charge in [-0.15, -0.1) is 0 Å². The number of hydrogen-bond donors (Lipinski definition) is 2. The Bertz CT molecular complexity index is 671. The lowest BCUT2D eigenvalue weighted by Crippen LogP contribution is -2.37. The molecule has 3 rings (SSSR count). The minimum absolute atomic E-state index is 0.0530. The van der Waals surface area contributed by atoms with Crippen LogP contribution in [0.4, 0.5) is 0 Å². The molecule has 0 radical (unpaired) electrons. The molecular weight excluding hydrogens is 290 g/mol. The normalized spacial score (nSPS) is 18.6. The number of para-hydroxylation sites is 1. The van der Waals surface area contributed by atoms with Crippen molar-refractivity contribution in [3.8, 4) is 5.75 Å². The standard InChI is InChI=1S/C19H21NO3/c1-13(11-17(21)14-7-3-2-4-8-14)20-19(22)16-12-23-18-10-6-5-9-15(16)18/h2-10,13,16-17,21H,11-12H2,1H3,(H,20,22). The molecule has 0 bridgehead atoms. The first-order valence-electron chi connectivity index (χ1n) is 7.90. The largest absolute Gasteiger partial charge is 0.492 e. The van der Waals surface area contributed by atoms with Gasteiger partial charge in [-0.2, -0.15) is 0 Å². The number of hydrogen-bond acceptors (Lipinski definition) is 3. The van der Waals surface area contributed by atoms with Crippen molar-refractivity contribution < 1.29 is 14.6 Å². The highest BCUT2D eigenvalue weighted by Gasteiger charge is 2.30. The molecule has 0 fully saturated rings. The summed E-state index contributed by atoms with van der Waals surface area (Å²) in [5.41, 5.74) is 1.80. The predicted octanol–water partition coefficient (Wildman–Crippen LogP) is 2.79. The first-order chi connectivity index (χ1) is 11.1. The van der Waals surface area contributed by atoms with E-state index in [1.807, 2.05) is 61.5 Å². The molecule has 23 heavy (non-hydrogen) atoms. The first kappa shape index (κ1) is 15.6. The molecule has 3 unspecified atom stereocenters. The lowest BCUT2D eigenvalue weighted by molar-refractivity contribution is -0.123. The molecule has 1 aliphatic rings. The van der Waals surface area contributed by atoms with Gasteiger partial charge < -0.3 is 15.2 Å². The zero-order valence-corrected chi connectivity index (χ0v) is 13.1. The van der Waals surface area contributed by atoms with Crippen LogP contribution in [0.2, 0.25) is 0 Å². The molecule has 0 saturated carbocycles. The van der Waals surface area contributed by atoms with Crippen molar-refractivity contribution in [1.82, 2.24) is 5.32 Å². The molecule has 0 aromatic heterocycles. The van der Waals surface area contributed by atoms with E-state index in [0.717, 1.165) is 16.9 Å². The van der Waals surface area contributed by atoms with Gasteiger partial charge in [0.1, 0.15) is 18.3 Å². The summed E-state index contributed by atoms with van der Waals surface area (Å²) in [6.07, 6.45) is -0.107. The number of aliphatic hydroxyl groups excluding tert-OH is 1. The summed E-state index contributed by atoms with van der Waals surface area (Å²) in [5, 5.41) is 13.2. The molecule has 1 heterocycles. The summed E-state index contributed by atoms with van der Waals surface area (Å²) < 4.78 is 5.55. The zero-order chi connectivity index (χ0) is 16.2. The Morgan fingerprint density at radius 3 is 2.70 bits per heavy atom. The van der Waals surface area contributed by atoms with Crippen molar-refractivity contribution in [3.05, 3.63) is 65.7 Å². The average Bonchev–Trinajstić information content (AvgIpc) is 2.99. The minimum Gasteiger partial charge on any atom is -0.492 e. The van der Waals surface area contributed by atoms with Crippen LogP contribution in [0.1, 0.15) is 36.5 Å². The molecular formula is C19H21NO3. The number of benzene rings is 2. The van der Waals surface area contributed by atoms with Gasteiger partial charge in [0.2, 0.25) is 5.91 Å². The fraction of sp³-hybridized carbons (Fsp3) is 0.316. The highest BCUT2D eigenvalue weighted by Crippen LogP contribution is 2.33. The van der Waals surface area contributed by atoms with E-state index in [4.69, 9.17) is 4.74 Å². The SMILES string of the molecule is CC(CC(O)c1ccccc1)NC(=O)C1COc2ccccc21. The summed E-state index contributed by atoms with van der Waals surface area (Å²) in [6, 6.07) is 17.0. The summed E-state index contributed by atoms with van der Waals surface area (Å²) >= 11 is 0. The highest BCUT2D eigenvalue weighted by atomic mass is 16.5. The van der Waals surface area contributed by atoms with Crippen LogP contribution in [0.3, 0.4) is 0 Å². The molecule has 1 aliphatic heterocycles. The van der Waals surface area contributed by atoms with Crippen LogP contribution in [0.25, 0.3) is 0 Å². The Kier molecular flexibility index (Phi) is 4.63. The number of carbonyl (C=O) groups excluding carboxylic acids is 1. The van der Waals surface area contributed by atoms with Crippen molar-refractivity contribution >= 4 is 5.91 Å². The third kappa shape index (κ3) is 3.54. The third-order valence-electron chi connectivity index (χ3n) is 4.17. The Morgan fingerprint density at radius 2 is 1.91 bits per heavy atom. The second-order valence-electron chi connectivity index (χ2n) is 5.97. The van der Waals surface area contributed by atoms with Crippen molar-refractivity contribution in [1.29, 1.82) is 0 Å². The van der Waals surface area contributed by atoms with Crippen molar-refractivity contribution in [2.45, 2.75) is 31.4 Å². The van der Waals surface area contributed by atoms with E-state index in [-0.39, 0.29) is 17.9 Å². The van der Waals surface area contributed by atoms with Gasteiger partial charge in [0.25, 0.3) is 0 Å². The maximum atomic E-state index is 12.5. The molecule has 0 spiro atoms. The number of rotatable bonds is 5. The minimum atomic E-state index is -0.585. The van der Waals surface area contributed by atoms with Gasteiger partial charge in [0, 0.05) is 11.6 Å². The van der Waals surface area contributed by atoms with E-state index in [9.17, 15) is 9.90 Å². The van der Waals surface area contributed by atoms with Crippen molar-refractivity contribution in [2.75, 3.05) is 6.61 Å². The first-order valence-corrected chi connectivity index (χ1v) is 7.90. The second-order valence-corrected chi connectivity index (χ2v) is 5.97. The molecule has 4 nitrogen and oxygen atoms in total. The molecule has 2 aromatic carbocycles. The number of carbonyl (C=O) groups is 1. The molecule has 0 saturated heterocycles. The van der Waals surface area contributed by atoms with Crippen LogP contribution < -0.4 is 10.1 Å². The van der Waals surface area contributed by atoms with Crippen molar-refractivity contribution in [3.63, 3.8) is 0 Å². The van der Waals surface area contributed by atoms with Gasteiger partial charge in [-0.05, 0) is 25.0 Å². The highest BCUT2D eigenvalue weighted by molar-refractivity contribution is 5.85. The topological polar surface area (TPSA) is 58.6 Å². The average molecular weight is 311 g/mol. The van der Waals surface area contributed by atoms with Crippen LogP contribution in [0.15, 0.2) is 54.6 Å². The maximum absolute atomic E-state index is 12.5. The molecule has 2 N–H and O–H groups in total. The molecule has 2 aromatic rings. The summed E-state index contributed by atoms with van der Waals surface area (Å²) in [5.74, 6) is 0.454. The van der Waals surface area contributed by atoms with E-state index in [0.29, 0.717) is 13.0 Å². The number of aliphatic hydroxyl groups is 1. The lowest BCUT2D eigenvalue weighted by Gasteiger charge is -2.20. The van der Waals surface area contributed by atoms with E-state index in [1.165, 1.54) is 0 Å². The fourth-order valence-electron chi connectivity index (χ4n) is 2.93. The van der Waals surface area contributed by atoms with Gasteiger partial charge in [0.15, 0.2) is 0 Å². The number of ether oxygens (including phenoxy) is 1. The van der Waals surface area contributed by atoms with Crippen LogP contribution >= 0.6 is 0 Å². The third-order valence-corrected chi connectivity index (χ3v) is 4.17. The zero-order valence-electron chi connectivity index (χ0n) is 13.1. The number of fused-ring (bicyclic) bond motifs is 1. The monoisotopic (exact) mass is 311 g/mol. The number of nitrogens with one attached hydrogen (secondary N) is 1. The summed E-state index contributed by atoms with van der Waals surface area (Å²) in [4.78, 5) is 12.5. The Morgan fingerprint density at radius 1 is 1.22 bits per heavy atom. The van der Waals surface area contributed by atoms with E-state index in [2.05, 4.69) is 5.32 Å². The van der Waals surface area contributed by atoms with Gasteiger partial charge in [0.05, 0.1) is 6.10 Å². The Balaban J connectivity index is 1.58. The molecule has 3 atom stereocenters. The molecule has 1 amide bonds. The van der Waals surface area contributed by atoms with E-state index in [1.54, 1.807) is 0 Å². The van der Waals surface area contributed by atoms with Crippen molar-refractivity contribution in [2.24, 2.45) is 0 Å². The van der Waals surface area contributed by atoms with E-state index >= 15 is 0 Å². The van der Waals surface area contributed by atoms with Crippen LogP contribution in [0.5, 0.6) is 5.75 Å². The Labute approximate surface area is 136 Å². The van der Waals surface area contributed by atoms with Gasteiger partial charge in [-0.3, -0.25) is 4.79 Å². The van der Waals surface area contributed by atoms with Crippen LogP contribution in [0, 0.1) is 0 Å². The summed E-state index contributed by atoms with van der Waals surface area (Å²) in [6.45, 7) is 2.28. The fourth-order valence-corrected chi connectivity index (χ4v) is 2.93. The smallest absolute Gasteiger partial charge is 0.231 e. The van der Waals surface area contributed by atoms with Gasteiger partial charge in [-0.25, -0.2) is 0 Å². The lowest BCUT2D eigenvalue weighted by atomic mass is 9.99. The van der Waals surface area contributed by atoms with Crippen LogP contribution in [-0.2, 0) is 4.79 Å². The Hall–Kier alpha value is -2.33. The van der Waals surface area contributed by atoms with Gasteiger partial charge >= 0.3 is 0 Å².